The van der Waals surface area contributed by atoms with Crippen molar-refractivity contribution in [2.45, 2.75) is 114 Å². The molecule has 4 aliphatic carbocycles. The molecule has 22 aromatic rings. The Morgan fingerprint density at radius 3 is 0.662 bits per heavy atom. The van der Waals surface area contributed by atoms with Crippen LogP contribution in [0.5, 0.6) is 0 Å². The summed E-state index contributed by atoms with van der Waals surface area (Å²) in [5, 5.41) is 10.1. The number of nitrogens with zero attached hydrogens (tertiary/aromatic N) is 15. The third-order valence-electron chi connectivity index (χ3n) is 27.8. The van der Waals surface area contributed by atoms with Crippen LogP contribution in [0.15, 0.2) is 346 Å². The summed E-state index contributed by atoms with van der Waals surface area (Å²) in [6.45, 7) is 0. The van der Waals surface area contributed by atoms with Crippen LogP contribution >= 0.6 is 58.0 Å². The third kappa shape index (κ3) is 20.7. The van der Waals surface area contributed by atoms with Crippen molar-refractivity contribution in [3.8, 4) is 124 Å². The first-order valence-corrected chi connectivity index (χ1v) is 51.7. The fourth-order valence-electron chi connectivity index (χ4n) is 20.1. The Morgan fingerprint density at radius 2 is 0.392 bits per heavy atom. The van der Waals surface area contributed by atoms with Gasteiger partial charge in [0, 0.05) is 143 Å². The predicted molar refractivity (Wildman–Crippen MR) is 607 cm³/mol. The Kier molecular flexibility index (Phi) is 28.2. The van der Waals surface area contributed by atoms with Gasteiger partial charge in [0.25, 0.3) is 0 Å². The van der Waals surface area contributed by atoms with Crippen molar-refractivity contribution in [3.05, 3.63) is 394 Å². The molecule has 0 radical (unpaired) electrons. The summed E-state index contributed by atoms with van der Waals surface area (Å²) in [6, 6.07) is 104. The topological polar surface area (TPSA) is 323 Å². The van der Waals surface area contributed by atoms with Gasteiger partial charge in [-0.2, -0.15) is 0 Å². The second-order valence-electron chi connectivity index (χ2n) is 37.7. The van der Waals surface area contributed by atoms with Gasteiger partial charge in [-0.05, 0) is 159 Å². The van der Waals surface area contributed by atoms with Crippen molar-refractivity contribution in [1.29, 1.82) is 0 Å². The highest BCUT2D eigenvalue weighted by Gasteiger charge is 2.33. The maximum Gasteiger partial charge on any atom is 0.150 e. The minimum atomic E-state index is 0.368. The first-order valence-electron chi connectivity index (χ1n) is 49.9. The minimum Gasteiger partial charge on any atom is -0.382 e. The third-order valence-corrected chi connectivity index (χ3v) is 29.3. The molecule has 10 heterocycles. The lowest BCUT2D eigenvalue weighted by Crippen LogP contribution is -2.15. The molecular formula is C123H99Cl5N20. The molecule has 4 saturated carbocycles. The van der Waals surface area contributed by atoms with Crippen LogP contribution in [0, 0.1) is 0 Å². The molecule has 10 N–H and O–H groups in total. The first-order chi connectivity index (χ1) is 72.5. The fourth-order valence-corrected chi connectivity index (χ4v) is 21.5. The predicted octanol–water partition coefficient (Wildman–Crippen LogP) is 31.6. The van der Waals surface area contributed by atoms with Gasteiger partial charge < -0.3 is 28.7 Å². The molecule has 0 amide bonds. The van der Waals surface area contributed by atoms with Crippen LogP contribution in [0.4, 0.5) is 29.1 Å². The van der Waals surface area contributed by atoms with Crippen molar-refractivity contribution in [2.75, 3.05) is 28.7 Å². The number of halogens is 5. The highest BCUT2D eigenvalue weighted by molar-refractivity contribution is 6.37. The molecule has 0 saturated heterocycles. The Morgan fingerprint density at radius 1 is 0.169 bits per heavy atom. The van der Waals surface area contributed by atoms with Crippen LogP contribution in [0.25, 0.3) is 189 Å². The molecule has 10 aromatic heterocycles. The number of nitrogens with two attached hydrogens (primary N) is 5. The molecule has 726 valence electrons. The van der Waals surface area contributed by atoms with Crippen molar-refractivity contribution >= 4 is 152 Å². The minimum absolute atomic E-state index is 0.368. The van der Waals surface area contributed by atoms with Gasteiger partial charge >= 0.3 is 0 Å². The lowest BCUT2D eigenvalue weighted by atomic mass is 9.82. The van der Waals surface area contributed by atoms with E-state index in [1.165, 1.54) is 38.5 Å². The molecule has 0 unspecified atom stereocenters. The van der Waals surface area contributed by atoms with Crippen molar-refractivity contribution in [1.82, 2.24) is 74.8 Å². The van der Waals surface area contributed by atoms with Crippen LogP contribution in [0.3, 0.4) is 0 Å². The number of nitrogen functional groups attached to an aromatic ring is 5. The summed E-state index contributed by atoms with van der Waals surface area (Å²) in [4.78, 5) is 71.3. The highest BCUT2D eigenvalue weighted by Crippen LogP contribution is 2.49. The summed E-state index contributed by atoms with van der Waals surface area (Å²) in [5.74, 6) is 4.07. The molecule has 148 heavy (non-hydrogen) atoms. The van der Waals surface area contributed by atoms with E-state index in [0.29, 0.717) is 89.3 Å². The number of fused-ring (bicyclic) bond motifs is 6. The second kappa shape index (κ2) is 43.2. The summed E-state index contributed by atoms with van der Waals surface area (Å²) in [5.41, 5.74) is 58.3. The van der Waals surface area contributed by atoms with E-state index >= 15 is 0 Å². The maximum absolute atomic E-state index is 6.63. The molecular weight excluding hydrogens is 1930 g/mol. The van der Waals surface area contributed by atoms with E-state index in [1.54, 1.807) is 31.0 Å². The summed E-state index contributed by atoms with van der Waals surface area (Å²) in [7, 11) is 0. The zero-order valence-corrected chi connectivity index (χ0v) is 84.4. The lowest BCUT2D eigenvalue weighted by molar-refractivity contribution is 0.412. The monoisotopic (exact) mass is 2030 g/mol. The molecule has 26 rings (SSSR count). The number of hydrogen-bond donors (Lipinski definition) is 5. The average molecular weight is 2030 g/mol. The zero-order valence-electron chi connectivity index (χ0n) is 80.6. The van der Waals surface area contributed by atoms with E-state index in [-0.39, 0.29) is 0 Å². The summed E-state index contributed by atoms with van der Waals surface area (Å²) >= 11 is 32.9. The van der Waals surface area contributed by atoms with Crippen LogP contribution in [-0.2, 0) is 0 Å². The number of rotatable bonds is 15. The van der Waals surface area contributed by atoms with Gasteiger partial charge in [0.1, 0.15) is 29.0 Å². The van der Waals surface area contributed by atoms with Crippen molar-refractivity contribution in [3.63, 3.8) is 0 Å². The first kappa shape index (κ1) is 96.6. The fraction of sp³-hybridized carbons (Fsp3) is 0.146. The number of pyridine rings is 5. The van der Waals surface area contributed by atoms with E-state index in [1.807, 2.05) is 267 Å². The average Bonchev–Trinajstić information content (AvgIpc) is 1.46. The highest BCUT2D eigenvalue weighted by atomic mass is 35.5. The molecule has 0 aliphatic heterocycles. The second-order valence-corrected chi connectivity index (χ2v) is 39.7. The Bertz CT molecular complexity index is 8720. The van der Waals surface area contributed by atoms with Gasteiger partial charge in [0.2, 0.25) is 0 Å². The Hall–Kier alpha value is -16.2. The molecule has 20 nitrogen and oxygen atoms in total. The number of aromatic nitrogens is 15. The van der Waals surface area contributed by atoms with Crippen LogP contribution < -0.4 is 28.7 Å². The standard InChI is InChI=1S/C29H19ClN4.C25H23ClN4.C24H21ClN4.C23H19ClN4.C22H17ClN4/c30-24-17-23(16-21-11-6-14-32-25(21)24)27-26(19-8-2-1-3-9-19)34-29(31)28(33-27)22-13-12-18-7-4-5-10-20(18)15-22;26-20-15-19(14-18-12-7-13-28-21(18)20)23-22(16-8-3-1-4-9-16)30-25(27)24(29-23)17-10-5-2-6-11-17;25-19-14-18(13-17-11-6-12-27-20(17)19)22-21(15-7-2-1-3-8-15)29-24(26)23(28-22)16-9-4-5-10-16;24-18-13-17(12-16-10-5-11-26-19(16)18)21-20(14-6-2-1-3-7-14)28-23(25)22(27-21)15-8-4-9-15;23-17-12-16(11-15-7-4-10-25-18(15)17)20-19(13-5-2-1-3-6-13)27-22(24)21(26-20)14-8-9-14/h1-17H,(H2,31,34);1,3-4,7-9,12-15,17H,2,5-6,10-11H2,(H2,27,30);1-3,6-8,11-14,16H,4-5,9-10H2,(H2,26,29);1-3,5-7,10-13,15H,4,8-9H2,(H2,25,28);1-7,10-12,14H,8-9H2,(H2,24,27). The molecule has 0 atom stereocenters. The van der Waals surface area contributed by atoms with E-state index in [0.717, 1.165) is 252 Å². The van der Waals surface area contributed by atoms with E-state index in [2.05, 4.69) is 73.5 Å². The smallest absolute Gasteiger partial charge is 0.150 e. The van der Waals surface area contributed by atoms with Crippen molar-refractivity contribution in [2.24, 2.45) is 0 Å². The molecule has 0 bridgehead atoms. The van der Waals surface area contributed by atoms with Crippen LogP contribution in [0.2, 0.25) is 25.1 Å². The van der Waals surface area contributed by atoms with E-state index < -0.39 is 0 Å². The SMILES string of the molecule is Nc1nc(-c2ccccc2)c(-c2cc(Cl)c3ncccc3c2)nc1-c1ccc2ccccc2c1.Nc1nc(-c2ccccc2)c(-c2cc(Cl)c3ncccc3c2)nc1C1CC1.Nc1nc(-c2ccccc2)c(-c2cc(Cl)c3ncccc3c2)nc1C1CCC1.Nc1nc(-c2ccccc2)c(-c2cc(Cl)c3ncccc3c2)nc1C1CCCC1.Nc1nc(-c2ccccc2)c(-c2cc(Cl)c3ncccc3c2)nc1C1CCCCC1. The zero-order chi connectivity index (χ0) is 101. The number of hydrogen-bond acceptors (Lipinski definition) is 20. The molecule has 0 spiro atoms. The quantitative estimate of drug-likeness (QED) is 0.0636. The number of benzene rings is 12. The Labute approximate surface area is 880 Å². The van der Waals surface area contributed by atoms with Gasteiger partial charge in [-0.1, -0.05) is 315 Å². The lowest BCUT2D eigenvalue weighted by Gasteiger charge is -2.26. The molecule has 4 fully saturated rings. The van der Waals surface area contributed by atoms with Gasteiger partial charge in [-0.3, -0.25) is 24.9 Å². The maximum atomic E-state index is 6.63. The largest absolute Gasteiger partial charge is 0.382 e. The summed E-state index contributed by atoms with van der Waals surface area (Å²) in [6.07, 6.45) is 25.1. The van der Waals surface area contributed by atoms with Crippen LogP contribution in [0.1, 0.15) is 136 Å². The van der Waals surface area contributed by atoms with Crippen molar-refractivity contribution < 1.29 is 0 Å². The van der Waals surface area contributed by atoms with Gasteiger partial charge in [-0.15, -0.1) is 0 Å². The number of anilines is 5. The van der Waals surface area contributed by atoms with E-state index in [9.17, 15) is 0 Å². The normalized spacial score (nSPS) is 13.6. The molecule has 25 heteroatoms. The van der Waals surface area contributed by atoms with Gasteiger partial charge in [-0.25, -0.2) is 49.8 Å². The molecule has 12 aromatic carbocycles. The molecule has 4 aliphatic rings. The van der Waals surface area contributed by atoms with Gasteiger partial charge in [0.15, 0.2) is 5.82 Å². The van der Waals surface area contributed by atoms with E-state index in [4.69, 9.17) is 137 Å². The summed E-state index contributed by atoms with van der Waals surface area (Å²) < 4.78 is 0. The van der Waals surface area contributed by atoms with Crippen LogP contribution in [-0.4, -0.2) is 74.8 Å². The van der Waals surface area contributed by atoms with Gasteiger partial charge in [0.05, 0.1) is 132 Å². The Balaban J connectivity index is 0.000000105.